The molecule has 0 fully saturated rings. The Hall–Kier alpha value is -4.14. The normalized spacial score (nSPS) is 12.1. The Labute approximate surface area is 256 Å². The van der Waals surface area contributed by atoms with Crippen LogP contribution in [0.5, 0.6) is 5.75 Å². The second-order valence-corrected chi connectivity index (χ2v) is 10.8. The highest BCUT2D eigenvalue weighted by Gasteiger charge is 2.11. The minimum atomic E-state index is -0.980. The molecular formula is C28H28N6O5S3. The van der Waals surface area contributed by atoms with Gasteiger partial charge in [0.25, 0.3) is 5.62 Å². The van der Waals surface area contributed by atoms with Gasteiger partial charge < -0.3 is 19.1 Å². The molecule has 0 bridgehead atoms. The summed E-state index contributed by atoms with van der Waals surface area (Å²) >= 11 is 6.92. The van der Waals surface area contributed by atoms with Crippen molar-refractivity contribution in [1.29, 1.82) is 0 Å². The molecule has 2 heterocycles. The quantitative estimate of drug-likeness (QED) is 0.0491. The summed E-state index contributed by atoms with van der Waals surface area (Å²) in [5, 5.41) is 18.4. The number of hydrogen-bond donors (Lipinski definition) is 1. The Morgan fingerprint density at radius 1 is 1.02 bits per heavy atom. The summed E-state index contributed by atoms with van der Waals surface area (Å²) in [6.07, 6.45) is 1.40. The Balaban J connectivity index is 1.31. The first-order valence-electron chi connectivity index (χ1n) is 12.9. The molecule has 2 aromatic heterocycles. The van der Waals surface area contributed by atoms with E-state index in [9.17, 15) is 9.59 Å². The predicted octanol–water partition coefficient (Wildman–Crippen LogP) is 8.29. The van der Waals surface area contributed by atoms with E-state index >= 15 is 0 Å². The lowest BCUT2D eigenvalue weighted by atomic mass is 10.2. The number of esters is 2. The molecule has 42 heavy (non-hydrogen) atoms. The van der Waals surface area contributed by atoms with Gasteiger partial charge in [-0.25, -0.2) is 9.78 Å². The maximum absolute atomic E-state index is 11.3. The van der Waals surface area contributed by atoms with Gasteiger partial charge in [-0.1, -0.05) is 48.8 Å². The monoisotopic (exact) mass is 624 g/mol. The number of carbonyl (C=O) groups is 2. The average Bonchev–Trinajstić information content (AvgIpc) is 3.56. The molecule has 218 valence electrons. The number of ether oxygens (including phenoxy) is 3. The lowest BCUT2D eigenvalue weighted by molar-refractivity contribution is -0.153. The van der Waals surface area contributed by atoms with Crippen LogP contribution in [0.4, 0.5) is 27.2 Å². The van der Waals surface area contributed by atoms with Crippen LogP contribution >= 0.6 is 35.3 Å². The summed E-state index contributed by atoms with van der Waals surface area (Å²) in [6, 6.07) is 16.4. The number of azo groups is 2. The third kappa shape index (κ3) is 8.93. The van der Waals surface area contributed by atoms with Gasteiger partial charge in [0.2, 0.25) is 5.13 Å². The maximum Gasteiger partial charge on any atom is 0.330 e. The van der Waals surface area contributed by atoms with Gasteiger partial charge in [-0.2, -0.15) is 0 Å². The van der Waals surface area contributed by atoms with E-state index in [1.54, 1.807) is 31.2 Å². The van der Waals surface area contributed by atoms with Gasteiger partial charge >= 0.3 is 11.9 Å². The van der Waals surface area contributed by atoms with Gasteiger partial charge in [-0.3, -0.25) is 4.79 Å². The Bertz CT molecular complexity index is 1540. The lowest BCUT2D eigenvalue weighted by Crippen LogP contribution is -2.27. The zero-order valence-corrected chi connectivity index (χ0v) is 25.4. The van der Waals surface area contributed by atoms with Gasteiger partial charge in [0.05, 0.1) is 22.6 Å². The van der Waals surface area contributed by atoms with Crippen LogP contribution in [0.2, 0.25) is 0 Å². The molecule has 0 N–H and O–H groups in total. The van der Waals surface area contributed by atoms with Crippen LogP contribution in [0.3, 0.4) is 0 Å². The molecule has 0 aliphatic heterocycles. The van der Waals surface area contributed by atoms with Gasteiger partial charge in [0.15, 0.2) is 0 Å². The Morgan fingerprint density at radius 3 is 2.36 bits per heavy atom. The SMILES string of the molecule is C=CC(=O)OCCN(CC)c1ccc(N=Nc2nc3sc(N=Nc4ccc(O[C@H](S)OC(=O)CC)cc4)cc3s2)cc1. The van der Waals surface area contributed by atoms with Gasteiger partial charge in [0, 0.05) is 24.7 Å². The van der Waals surface area contributed by atoms with Crippen molar-refractivity contribution in [3.05, 3.63) is 67.3 Å². The number of thiol groups is 1. The summed E-state index contributed by atoms with van der Waals surface area (Å²) in [7, 11) is 0. The number of rotatable bonds is 14. The minimum absolute atomic E-state index is 0.245. The molecular weight excluding hydrogens is 597 g/mol. The van der Waals surface area contributed by atoms with Crippen molar-refractivity contribution in [2.45, 2.75) is 25.9 Å². The van der Waals surface area contributed by atoms with E-state index in [2.05, 4.69) is 49.5 Å². The fraction of sp³-hybridized carbons (Fsp3) is 0.250. The highest BCUT2D eigenvalue weighted by Crippen LogP contribution is 2.39. The van der Waals surface area contributed by atoms with Crippen LogP contribution in [0.1, 0.15) is 20.3 Å². The maximum atomic E-state index is 11.3. The standard InChI is InChI=1S/C28H28N6O5S3/c1-4-24(35)37-16-15-34(6-3)20-11-7-18(8-12-20)31-33-27-29-26-22(41-27)17-23(42-26)32-30-19-9-13-21(14-10-19)38-28(40)39-25(36)5-2/h4,7-14,17,28,40H,1,5-6,15-16H2,2-3H3/t28-/m0/s1. The molecule has 0 aliphatic carbocycles. The average molecular weight is 625 g/mol. The summed E-state index contributed by atoms with van der Waals surface area (Å²) in [5.74, 6) is -0.336. The predicted molar refractivity (Wildman–Crippen MR) is 168 cm³/mol. The summed E-state index contributed by atoms with van der Waals surface area (Å²) in [6.45, 7) is 8.75. The first-order chi connectivity index (χ1) is 20.4. The lowest BCUT2D eigenvalue weighted by Gasteiger charge is -2.22. The fourth-order valence-corrected chi connectivity index (χ4v) is 5.54. The first kappa shape index (κ1) is 30.8. The molecule has 0 spiro atoms. The van der Waals surface area contributed by atoms with E-state index in [1.807, 2.05) is 37.3 Å². The number of fused-ring (bicyclic) bond motifs is 1. The van der Waals surface area contributed by atoms with Gasteiger partial charge in [-0.05, 0) is 61.5 Å². The molecule has 4 aromatic rings. The van der Waals surface area contributed by atoms with E-state index < -0.39 is 17.6 Å². The van der Waals surface area contributed by atoms with Crippen molar-refractivity contribution >= 4 is 84.0 Å². The Morgan fingerprint density at radius 2 is 1.71 bits per heavy atom. The molecule has 14 heteroatoms. The number of hydrogen-bond acceptors (Lipinski definition) is 14. The molecule has 2 aromatic carbocycles. The van der Waals surface area contributed by atoms with Crippen molar-refractivity contribution in [2.75, 3.05) is 24.6 Å². The van der Waals surface area contributed by atoms with Crippen LogP contribution < -0.4 is 9.64 Å². The zero-order valence-electron chi connectivity index (χ0n) is 22.9. The molecule has 0 saturated heterocycles. The van der Waals surface area contributed by atoms with Crippen LogP contribution in [-0.2, 0) is 19.1 Å². The van der Waals surface area contributed by atoms with Crippen LogP contribution in [0, 0.1) is 0 Å². The van der Waals surface area contributed by atoms with Crippen molar-refractivity contribution in [1.82, 2.24) is 4.98 Å². The zero-order chi connectivity index (χ0) is 29.9. The molecule has 1 atom stereocenters. The summed E-state index contributed by atoms with van der Waals surface area (Å²) in [5.41, 5.74) is 1.34. The summed E-state index contributed by atoms with van der Waals surface area (Å²) in [4.78, 5) is 30.0. The van der Waals surface area contributed by atoms with Gasteiger partial charge in [-0.15, -0.1) is 20.5 Å². The number of aromatic nitrogens is 1. The van der Waals surface area contributed by atoms with Crippen molar-refractivity contribution < 1.29 is 23.8 Å². The molecule has 4 rings (SSSR count). The largest absolute Gasteiger partial charge is 0.461 e. The van der Waals surface area contributed by atoms with Crippen molar-refractivity contribution in [3.8, 4) is 5.75 Å². The second-order valence-electron chi connectivity index (χ2n) is 8.38. The topological polar surface area (TPSA) is 127 Å². The highest BCUT2D eigenvalue weighted by molar-refractivity contribution is 7.80. The number of carbonyl (C=O) groups excluding carboxylic acids is 2. The number of thiophene rings is 1. The third-order valence-corrected chi connectivity index (χ3v) is 7.68. The number of nitrogens with zero attached hydrogens (tertiary/aromatic N) is 6. The fourth-order valence-electron chi connectivity index (χ4n) is 3.45. The Kier molecular flexibility index (Phi) is 11.1. The third-order valence-electron chi connectivity index (χ3n) is 5.54. The molecule has 0 radical (unpaired) electrons. The number of thiazole rings is 1. The van der Waals surface area contributed by atoms with Crippen molar-refractivity contribution in [3.63, 3.8) is 0 Å². The van der Waals surface area contributed by atoms with E-state index in [4.69, 9.17) is 14.2 Å². The van der Waals surface area contributed by atoms with Crippen LogP contribution in [0.25, 0.3) is 9.53 Å². The van der Waals surface area contributed by atoms with E-state index in [1.165, 1.54) is 22.7 Å². The van der Waals surface area contributed by atoms with Crippen LogP contribution in [0.15, 0.2) is 87.7 Å². The number of likely N-dealkylation sites (N-methyl/N-ethyl adjacent to an activating group) is 1. The molecule has 0 unspecified atom stereocenters. The van der Waals surface area contributed by atoms with Crippen LogP contribution in [-0.4, -0.2) is 42.2 Å². The molecule has 0 saturated carbocycles. The number of benzene rings is 2. The highest BCUT2D eigenvalue weighted by atomic mass is 32.1. The molecule has 0 aliphatic rings. The number of anilines is 1. The summed E-state index contributed by atoms with van der Waals surface area (Å²) < 4.78 is 16.4. The van der Waals surface area contributed by atoms with E-state index in [0.29, 0.717) is 33.8 Å². The van der Waals surface area contributed by atoms with E-state index in [0.717, 1.165) is 27.8 Å². The van der Waals surface area contributed by atoms with E-state index in [-0.39, 0.29) is 13.0 Å². The molecule has 0 amide bonds. The minimum Gasteiger partial charge on any atom is -0.461 e. The van der Waals surface area contributed by atoms with Crippen molar-refractivity contribution in [2.24, 2.45) is 20.5 Å². The van der Waals surface area contributed by atoms with Gasteiger partial charge in [0.1, 0.15) is 22.2 Å². The smallest absolute Gasteiger partial charge is 0.330 e. The molecule has 11 nitrogen and oxygen atoms in total. The second kappa shape index (κ2) is 15.2. The first-order valence-corrected chi connectivity index (χ1v) is 15.0.